The van der Waals surface area contributed by atoms with E-state index in [0.717, 1.165) is 48.1 Å². The third-order valence-corrected chi connectivity index (χ3v) is 6.48. The largest absolute Gasteiger partial charge is 0.368 e. The summed E-state index contributed by atoms with van der Waals surface area (Å²) in [4.78, 5) is 20.5. The minimum absolute atomic E-state index is 0.0618. The van der Waals surface area contributed by atoms with Crippen LogP contribution in [0.1, 0.15) is 5.56 Å². The second kappa shape index (κ2) is 8.60. The first-order chi connectivity index (χ1) is 13.6. The van der Waals surface area contributed by atoms with Crippen molar-refractivity contribution in [1.29, 1.82) is 0 Å². The Morgan fingerprint density at radius 1 is 0.964 bits per heavy atom. The molecular weight excluding hydrogens is 390 g/mol. The molecule has 0 aliphatic carbocycles. The van der Waals surface area contributed by atoms with Gasteiger partial charge in [0.2, 0.25) is 0 Å². The zero-order chi connectivity index (χ0) is 19.5. The number of carbonyl (C=O) groups is 1. The lowest BCUT2D eigenvalue weighted by molar-refractivity contribution is -0.114. The Morgan fingerprint density at radius 3 is 2.43 bits per heavy atom. The SMILES string of the molecule is CN1CCN(c2ccccc2C=C2SCCN(c3ccc(Cl)cc3)C2=O)CC1. The molecule has 1 amide bonds. The maximum atomic E-state index is 13.1. The fraction of sp³-hybridized carbons (Fsp3) is 0.318. The number of carbonyl (C=O) groups excluding carboxylic acids is 1. The highest BCUT2D eigenvalue weighted by molar-refractivity contribution is 8.04. The highest BCUT2D eigenvalue weighted by atomic mass is 35.5. The number of likely N-dealkylation sites (N-methyl/N-ethyl adjacent to an activating group) is 1. The number of nitrogens with zero attached hydrogens (tertiary/aromatic N) is 3. The fourth-order valence-electron chi connectivity index (χ4n) is 3.60. The minimum Gasteiger partial charge on any atom is -0.368 e. The molecule has 2 fully saturated rings. The van der Waals surface area contributed by atoms with Gasteiger partial charge in [-0.25, -0.2) is 0 Å². The van der Waals surface area contributed by atoms with Crippen molar-refractivity contribution in [2.45, 2.75) is 0 Å². The zero-order valence-electron chi connectivity index (χ0n) is 16.0. The van der Waals surface area contributed by atoms with Gasteiger partial charge in [0.15, 0.2) is 0 Å². The number of amides is 1. The van der Waals surface area contributed by atoms with Crippen LogP contribution in [0.25, 0.3) is 6.08 Å². The van der Waals surface area contributed by atoms with Crippen LogP contribution in [0.5, 0.6) is 0 Å². The van der Waals surface area contributed by atoms with Crippen molar-refractivity contribution in [2.24, 2.45) is 0 Å². The van der Waals surface area contributed by atoms with Gasteiger partial charge in [0.1, 0.15) is 0 Å². The molecule has 2 heterocycles. The van der Waals surface area contributed by atoms with E-state index in [-0.39, 0.29) is 5.91 Å². The monoisotopic (exact) mass is 413 g/mol. The van der Waals surface area contributed by atoms with Gasteiger partial charge in [-0.15, -0.1) is 11.8 Å². The topological polar surface area (TPSA) is 26.8 Å². The van der Waals surface area contributed by atoms with E-state index >= 15 is 0 Å². The van der Waals surface area contributed by atoms with E-state index in [2.05, 4.69) is 41.1 Å². The molecule has 0 bridgehead atoms. The molecule has 146 valence electrons. The van der Waals surface area contributed by atoms with Crippen LogP contribution in [0, 0.1) is 0 Å². The number of hydrogen-bond donors (Lipinski definition) is 0. The number of piperazine rings is 1. The van der Waals surface area contributed by atoms with Gasteiger partial charge in [-0.3, -0.25) is 4.79 Å². The molecule has 0 radical (unpaired) electrons. The summed E-state index contributed by atoms with van der Waals surface area (Å²) in [5.41, 5.74) is 3.22. The molecule has 0 saturated carbocycles. The summed E-state index contributed by atoms with van der Waals surface area (Å²) in [6, 6.07) is 15.9. The molecule has 2 aliphatic heterocycles. The summed E-state index contributed by atoms with van der Waals surface area (Å²) in [6.45, 7) is 4.85. The van der Waals surface area contributed by atoms with E-state index in [0.29, 0.717) is 11.6 Å². The summed E-state index contributed by atoms with van der Waals surface area (Å²) < 4.78 is 0. The standard InChI is InChI=1S/C22H24ClN3OS/c1-24-10-12-25(13-11-24)20-5-3-2-4-17(20)16-21-22(27)26(14-15-28-21)19-8-6-18(23)7-9-19/h2-9,16H,10-15H2,1H3. The fourth-order valence-corrected chi connectivity index (χ4v) is 4.66. The number of para-hydroxylation sites is 1. The third kappa shape index (κ3) is 4.22. The van der Waals surface area contributed by atoms with Crippen LogP contribution < -0.4 is 9.80 Å². The lowest BCUT2D eigenvalue weighted by atomic mass is 10.1. The van der Waals surface area contributed by atoms with Crippen molar-refractivity contribution in [3.05, 3.63) is 64.0 Å². The number of benzene rings is 2. The second-order valence-electron chi connectivity index (χ2n) is 7.14. The van der Waals surface area contributed by atoms with Crippen molar-refractivity contribution in [3.63, 3.8) is 0 Å². The molecule has 4 rings (SSSR count). The number of hydrogen-bond acceptors (Lipinski definition) is 4. The predicted molar refractivity (Wildman–Crippen MR) is 120 cm³/mol. The van der Waals surface area contributed by atoms with E-state index in [1.807, 2.05) is 35.2 Å². The molecule has 0 aromatic heterocycles. The average molecular weight is 414 g/mol. The number of thioether (sulfide) groups is 1. The molecular formula is C22H24ClN3OS. The summed E-state index contributed by atoms with van der Waals surface area (Å²) in [6.07, 6.45) is 2.06. The molecule has 2 aliphatic rings. The molecule has 2 aromatic carbocycles. The highest BCUT2D eigenvalue weighted by Gasteiger charge is 2.26. The van der Waals surface area contributed by atoms with Crippen LogP contribution in [0.2, 0.25) is 5.02 Å². The van der Waals surface area contributed by atoms with Gasteiger partial charge in [0.25, 0.3) is 5.91 Å². The zero-order valence-corrected chi connectivity index (χ0v) is 17.5. The van der Waals surface area contributed by atoms with Crippen molar-refractivity contribution < 1.29 is 4.79 Å². The molecule has 0 N–H and O–H groups in total. The Balaban J connectivity index is 1.60. The predicted octanol–water partition coefficient (Wildman–Crippen LogP) is 4.21. The second-order valence-corrected chi connectivity index (χ2v) is 8.71. The lowest BCUT2D eigenvalue weighted by Crippen LogP contribution is -2.44. The minimum atomic E-state index is 0.0618. The first kappa shape index (κ1) is 19.4. The van der Waals surface area contributed by atoms with Crippen molar-refractivity contribution in [1.82, 2.24) is 4.90 Å². The summed E-state index contributed by atoms with van der Waals surface area (Å²) in [5.74, 6) is 0.948. The van der Waals surface area contributed by atoms with Crippen molar-refractivity contribution in [3.8, 4) is 0 Å². The van der Waals surface area contributed by atoms with Gasteiger partial charge in [0.05, 0.1) is 4.91 Å². The van der Waals surface area contributed by atoms with Crippen LogP contribution in [-0.2, 0) is 4.79 Å². The molecule has 2 saturated heterocycles. The molecule has 2 aromatic rings. The summed E-state index contributed by atoms with van der Waals surface area (Å²) in [7, 11) is 2.16. The number of halogens is 1. The van der Waals surface area contributed by atoms with E-state index < -0.39 is 0 Å². The average Bonchev–Trinajstić information content (AvgIpc) is 2.71. The van der Waals surface area contributed by atoms with Gasteiger partial charge in [-0.05, 0) is 49.0 Å². The van der Waals surface area contributed by atoms with Crippen LogP contribution in [-0.4, -0.2) is 56.3 Å². The molecule has 0 atom stereocenters. The third-order valence-electron chi connectivity index (χ3n) is 5.23. The Hall–Kier alpha value is -1.95. The van der Waals surface area contributed by atoms with E-state index in [1.165, 1.54) is 5.69 Å². The van der Waals surface area contributed by atoms with Gasteiger partial charge >= 0.3 is 0 Å². The summed E-state index contributed by atoms with van der Waals surface area (Å²) >= 11 is 7.64. The molecule has 0 unspecified atom stereocenters. The van der Waals surface area contributed by atoms with Gasteiger partial charge in [-0.1, -0.05) is 29.8 Å². The first-order valence-electron chi connectivity index (χ1n) is 9.56. The quantitative estimate of drug-likeness (QED) is 0.704. The van der Waals surface area contributed by atoms with Crippen LogP contribution in [0.4, 0.5) is 11.4 Å². The Kier molecular flexibility index (Phi) is 5.95. The van der Waals surface area contributed by atoms with Crippen molar-refractivity contribution >= 4 is 46.7 Å². The summed E-state index contributed by atoms with van der Waals surface area (Å²) in [5, 5.41) is 0.680. The number of rotatable bonds is 3. The van der Waals surface area contributed by atoms with Crippen LogP contribution in [0.15, 0.2) is 53.4 Å². The first-order valence-corrected chi connectivity index (χ1v) is 10.9. The maximum Gasteiger partial charge on any atom is 0.264 e. The highest BCUT2D eigenvalue weighted by Crippen LogP contribution is 2.32. The molecule has 28 heavy (non-hydrogen) atoms. The number of anilines is 2. The van der Waals surface area contributed by atoms with E-state index in [9.17, 15) is 4.79 Å². The van der Waals surface area contributed by atoms with Gasteiger partial charge in [-0.2, -0.15) is 0 Å². The van der Waals surface area contributed by atoms with Crippen molar-refractivity contribution in [2.75, 3.05) is 55.3 Å². The van der Waals surface area contributed by atoms with E-state index in [1.54, 1.807) is 11.8 Å². The van der Waals surface area contributed by atoms with Gasteiger partial charge in [0, 0.05) is 54.9 Å². The van der Waals surface area contributed by atoms with E-state index in [4.69, 9.17) is 11.6 Å². The van der Waals surface area contributed by atoms with Crippen LogP contribution >= 0.6 is 23.4 Å². The smallest absolute Gasteiger partial charge is 0.264 e. The Labute approximate surface area is 175 Å². The van der Waals surface area contributed by atoms with Gasteiger partial charge < -0.3 is 14.7 Å². The Bertz CT molecular complexity index is 876. The van der Waals surface area contributed by atoms with Crippen LogP contribution in [0.3, 0.4) is 0 Å². The lowest BCUT2D eigenvalue weighted by Gasteiger charge is -2.35. The molecule has 0 spiro atoms. The maximum absolute atomic E-state index is 13.1. The Morgan fingerprint density at radius 2 is 1.68 bits per heavy atom. The normalized spacial score (nSPS) is 20.1. The molecule has 6 heteroatoms. The molecule has 4 nitrogen and oxygen atoms in total.